The molecule has 2 N–H and O–H groups in total. The van der Waals surface area contributed by atoms with Crippen molar-refractivity contribution in [1.82, 2.24) is 4.90 Å². The highest BCUT2D eigenvalue weighted by atomic mass is 16.5. The quantitative estimate of drug-likeness (QED) is 0.403. The van der Waals surface area contributed by atoms with Crippen LogP contribution in [0.1, 0.15) is 34.0 Å². The van der Waals surface area contributed by atoms with E-state index in [2.05, 4.69) is 27.7 Å². The molecule has 0 saturated heterocycles. The van der Waals surface area contributed by atoms with Gasteiger partial charge in [-0.25, -0.2) is 0 Å². The summed E-state index contributed by atoms with van der Waals surface area (Å²) < 4.78 is 5.42. The summed E-state index contributed by atoms with van der Waals surface area (Å²) in [4.78, 5) is 27.2. The third kappa shape index (κ3) is 4.81. The number of amides is 1. The summed E-state index contributed by atoms with van der Waals surface area (Å²) >= 11 is 0. The average Bonchev–Trinajstić information content (AvgIpc) is 3.13. The number of hydrogen-bond donors (Lipinski definition) is 2. The molecule has 0 fully saturated rings. The second kappa shape index (κ2) is 9.30. The molecule has 1 heterocycles. The topological polar surface area (TPSA) is 70.7 Å². The summed E-state index contributed by atoms with van der Waals surface area (Å²) in [6, 6.07) is 21.0. The van der Waals surface area contributed by atoms with Gasteiger partial charge >= 0.3 is 0 Å². The smallest absolute Gasteiger partial charge is 0.258 e. The lowest BCUT2D eigenvalue weighted by Gasteiger charge is -2.16. The number of nitrogens with zero attached hydrogens (tertiary/aromatic N) is 1. The van der Waals surface area contributed by atoms with Crippen LogP contribution in [0.5, 0.6) is 5.75 Å². The van der Waals surface area contributed by atoms with Gasteiger partial charge in [0.05, 0.1) is 18.4 Å². The standard InChI is InChI=1S/C27H27N3O3/c1-17(31)19-10-13-24-23(15-19)25(27(32)29-24)26(20-6-5-7-22(14-20)33-4)28-21-11-8-18(9-12-21)16-30(2)3/h5-15,28H,16H2,1-4H3,(H,29,32). The van der Waals surface area contributed by atoms with Crippen LogP contribution in [0.4, 0.5) is 11.4 Å². The Hall–Kier alpha value is -3.90. The molecule has 33 heavy (non-hydrogen) atoms. The summed E-state index contributed by atoms with van der Waals surface area (Å²) in [6.07, 6.45) is 0. The van der Waals surface area contributed by atoms with Crippen molar-refractivity contribution in [2.24, 2.45) is 0 Å². The number of carbonyl (C=O) groups is 2. The van der Waals surface area contributed by atoms with E-state index in [1.807, 2.05) is 50.5 Å². The number of methoxy groups -OCH3 is 1. The summed E-state index contributed by atoms with van der Waals surface area (Å²) in [5, 5.41) is 6.38. The third-order valence-corrected chi connectivity index (χ3v) is 5.50. The zero-order valence-corrected chi connectivity index (χ0v) is 19.2. The summed E-state index contributed by atoms with van der Waals surface area (Å²) in [6.45, 7) is 2.36. The van der Waals surface area contributed by atoms with Crippen LogP contribution in [-0.2, 0) is 11.3 Å². The van der Waals surface area contributed by atoms with Crippen molar-refractivity contribution in [2.75, 3.05) is 31.8 Å². The van der Waals surface area contributed by atoms with Gasteiger partial charge < -0.3 is 20.3 Å². The largest absolute Gasteiger partial charge is 0.497 e. The Labute approximate surface area is 193 Å². The number of Topliss-reactive ketones (excluding diaryl/α,β-unsaturated/α-hetero) is 1. The molecule has 6 heteroatoms. The first kappa shape index (κ1) is 22.3. The van der Waals surface area contributed by atoms with Crippen LogP contribution in [0.15, 0.2) is 66.7 Å². The van der Waals surface area contributed by atoms with Crippen LogP contribution < -0.4 is 15.4 Å². The Bertz CT molecular complexity index is 1240. The number of benzene rings is 3. The molecule has 168 valence electrons. The van der Waals surface area contributed by atoms with Crippen molar-refractivity contribution in [3.8, 4) is 5.75 Å². The molecule has 0 bridgehead atoms. The SMILES string of the molecule is COc1cccc(C(Nc2ccc(CN(C)C)cc2)=C2C(=O)Nc3ccc(C(C)=O)cc32)c1. The molecule has 0 radical (unpaired) electrons. The van der Waals surface area contributed by atoms with E-state index in [0.717, 1.165) is 17.8 Å². The highest BCUT2D eigenvalue weighted by molar-refractivity contribution is 6.37. The van der Waals surface area contributed by atoms with Crippen molar-refractivity contribution in [3.05, 3.63) is 89.0 Å². The van der Waals surface area contributed by atoms with Crippen LogP contribution in [0.2, 0.25) is 0 Å². The molecule has 0 saturated carbocycles. The molecule has 1 aliphatic heterocycles. The van der Waals surface area contributed by atoms with Gasteiger partial charge in [0.2, 0.25) is 0 Å². The number of anilines is 2. The van der Waals surface area contributed by atoms with E-state index in [1.165, 1.54) is 12.5 Å². The predicted octanol–water partition coefficient (Wildman–Crippen LogP) is 4.89. The Morgan fingerprint density at radius 3 is 2.42 bits per heavy atom. The van der Waals surface area contributed by atoms with Gasteiger partial charge in [-0.15, -0.1) is 0 Å². The number of hydrogen-bond acceptors (Lipinski definition) is 5. The number of ether oxygens (including phenoxy) is 1. The fraction of sp³-hybridized carbons (Fsp3) is 0.185. The number of nitrogens with one attached hydrogen (secondary N) is 2. The first-order valence-electron chi connectivity index (χ1n) is 10.7. The van der Waals surface area contributed by atoms with Crippen LogP contribution in [0.25, 0.3) is 11.3 Å². The number of carbonyl (C=O) groups excluding carboxylic acids is 2. The first-order chi connectivity index (χ1) is 15.9. The fourth-order valence-electron chi connectivity index (χ4n) is 3.89. The lowest BCUT2D eigenvalue weighted by Crippen LogP contribution is -2.11. The van der Waals surface area contributed by atoms with E-state index in [4.69, 9.17) is 4.74 Å². The third-order valence-electron chi connectivity index (χ3n) is 5.50. The minimum absolute atomic E-state index is 0.0520. The molecule has 0 atom stereocenters. The van der Waals surface area contributed by atoms with Crippen molar-refractivity contribution >= 4 is 34.3 Å². The number of rotatable bonds is 7. The van der Waals surface area contributed by atoms with Gasteiger partial charge in [-0.1, -0.05) is 24.3 Å². The predicted molar refractivity (Wildman–Crippen MR) is 132 cm³/mol. The van der Waals surface area contributed by atoms with Gasteiger partial charge in [-0.3, -0.25) is 9.59 Å². The molecule has 3 aromatic carbocycles. The van der Waals surface area contributed by atoms with Crippen LogP contribution >= 0.6 is 0 Å². The van der Waals surface area contributed by atoms with E-state index < -0.39 is 0 Å². The zero-order chi connectivity index (χ0) is 23.5. The van der Waals surface area contributed by atoms with E-state index in [1.54, 1.807) is 25.3 Å². The van der Waals surface area contributed by atoms with Crippen molar-refractivity contribution in [3.63, 3.8) is 0 Å². The van der Waals surface area contributed by atoms with Gasteiger partial charge in [0, 0.05) is 34.6 Å². The van der Waals surface area contributed by atoms with E-state index in [9.17, 15) is 9.59 Å². The molecule has 0 unspecified atom stereocenters. The molecule has 0 aliphatic carbocycles. The van der Waals surface area contributed by atoms with Crippen LogP contribution in [0, 0.1) is 0 Å². The summed E-state index contributed by atoms with van der Waals surface area (Å²) in [7, 11) is 5.67. The highest BCUT2D eigenvalue weighted by Crippen LogP contribution is 2.38. The zero-order valence-electron chi connectivity index (χ0n) is 19.2. The van der Waals surface area contributed by atoms with Gasteiger partial charge in [0.15, 0.2) is 5.78 Å². The number of ketones is 1. The lowest BCUT2D eigenvalue weighted by atomic mass is 9.97. The van der Waals surface area contributed by atoms with Gasteiger partial charge in [-0.2, -0.15) is 0 Å². The van der Waals surface area contributed by atoms with Gasteiger partial charge in [0.25, 0.3) is 5.91 Å². The monoisotopic (exact) mass is 441 g/mol. The van der Waals surface area contributed by atoms with Crippen LogP contribution in [-0.4, -0.2) is 37.8 Å². The minimum atomic E-state index is -0.222. The van der Waals surface area contributed by atoms with Gasteiger partial charge in [0.1, 0.15) is 5.75 Å². The summed E-state index contributed by atoms with van der Waals surface area (Å²) in [5.41, 5.74) is 5.91. The first-order valence-corrected chi connectivity index (χ1v) is 10.7. The van der Waals surface area contributed by atoms with Crippen LogP contribution in [0.3, 0.4) is 0 Å². The van der Waals surface area contributed by atoms with E-state index >= 15 is 0 Å². The van der Waals surface area contributed by atoms with E-state index in [-0.39, 0.29) is 11.7 Å². The normalized spacial score (nSPS) is 14.0. The minimum Gasteiger partial charge on any atom is -0.497 e. The molecular weight excluding hydrogens is 414 g/mol. The average molecular weight is 442 g/mol. The Balaban J connectivity index is 1.85. The summed E-state index contributed by atoms with van der Waals surface area (Å²) in [5.74, 6) is 0.411. The molecule has 1 aliphatic rings. The molecule has 0 spiro atoms. The van der Waals surface area contributed by atoms with E-state index in [0.29, 0.717) is 33.8 Å². The molecule has 0 aromatic heterocycles. The lowest BCUT2D eigenvalue weighted by molar-refractivity contribution is -0.110. The maximum atomic E-state index is 13.1. The van der Waals surface area contributed by atoms with Crippen molar-refractivity contribution in [1.29, 1.82) is 0 Å². The van der Waals surface area contributed by atoms with Crippen molar-refractivity contribution < 1.29 is 14.3 Å². The molecule has 3 aromatic rings. The highest BCUT2D eigenvalue weighted by Gasteiger charge is 2.29. The molecule has 6 nitrogen and oxygen atoms in total. The fourth-order valence-corrected chi connectivity index (χ4v) is 3.89. The Morgan fingerprint density at radius 1 is 1.00 bits per heavy atom. The second-order valence-electron chi connectivity index (χ2n) is 8.31. The molecule has 1 amide bonds. The maximum absolute atomic E-state index is 13.1. The number of fused-ring (bicyclic) bond motifs is 1. The Kier molecular flexibility index (Phi) is 6.29. The Morgan fingerprint density at radius 2 is 1.76 bits per heavy atom. The van der Waals surface area contributed by atoms with Crippen molar-refractivity contribution in [2.45, 2.75) is 13.5 Å². The molecule has 4 rings (SSSR count). The second-order valence-corrected chi connectivity index (χ2v) is 8.31. The molecular formula is C27H27N3O3. The maximum Gasteiger partial charge on any atom is 0.258 e. The van der Waals surface area contributed by atoms with Gasteiger partial charge in [-0.05, 0) is 69.0 Å².